The van der Waals surface area contributed by atoms with Gasteiger partial charge in [0.1, 0.15) is 11.5 Å². The Morgan fingerprint density at radius 2 is 1.75 bits per heavy atom. The third-order valence-corrected chi connectivity index (χ3v) is 7.34. The van der Waals surface area contributed by atoms with Crippen LogP contribution in [0.1, 0.15) is 12.8 Å². The number of carbonyl (C=O) groups is 2. The summed E-state index contributed by atoms with van der Waals surface area (Å²) < 4.78 is 42.7. The molecular weight excluding hydrogens is 436 g/mol. The highest BCUT2D eigenvalue weighted by molar-refractivity contribution is 7.89. The largest absolute Gasteiger partial charge is 0.484 e. The number of para-hydroxylation sites is 2. The lowest BCUT2D eigenvalue weighted by atomic mass is 10.2. The minimum absolute atomic E-state index is 0.00110. The van der Waals surface area contributed by atoms with Crippen LogP contribution in [0.2, 0.25) is 0 Å². The first-order chi connectivity index (χ1) is 15.4. The number of fused-ring (bicyclic) bond motifs is 1. The van der Waals surface area contributed by atoms with Gasteiger partial charge in [-0.25, -0.2) is 13.2 Å². The molecule has 10 heteroatoms. The Hall–Kier alpha value is -3.11. The van der Waals surface area contributed by atoms with Crippen LogP contribution in [0.25, 0.3) is 0 Å². The van der Waals surface area contributed by atoms with E-state index < -0.39 is 22.1 Å². The van der Waals surface area contributed by atoms with Gasteiger partial charge in [0.05, 0.1) is 24.2 Å². The van der Waals surface area contributed by atoms with Crippen LogP contribution >= 0.6 is 0 Å². The van der Waals surface area contributed by atoms with E-state index in [2.05, 4.69) is 0 Å². The van der Waals surface area contributed by atoms with Gasteiger partial charge in [-0.3, -0.25) is 4.79 Å². The second kappa shape index (κ2) is 9.17. The number of esters is 1. The number of ether oxygens (including phenoxy) is 3. The fraction of sp³-hybridized carbons (Fsp3) is 0.364. The number of amides is 1. The van der Waals surface area contributed by atoms with Crippen LogP contribution in [-0.2, 0) is 24.3 Å². The zero-order valence-electron chi connectivity index (χ0n) is 17.6. The molecule has 0 bridgehead atoms. The van der Waals surface area contributed by atoms with E-state index in [4.69, 9.17) is 14.2 Å². The van der Waals surface area contributed by atoms with Crippen LogP contribution in [0.5, 0.6) is 11.5 Å². The van der Waals surface area contributed by atoms with E-state index in [1.165, 1.54) is 40.6 Å². The Bertz CT molecular complexity index is 1100. The average molecular weight is 461 g/mol. The lowest BCUT2D eigenvalue weighted by Gasteiger charge is -2.33. The van der Waals surface area contributed by atoms with E-state index in [0.717, 1.165) is 12.8 Å². The van der Waals surface area contributed by atoms with Crippen LogP contribution < -0.4 is 14.4 Å². The molecule has 32 heavy (non-hydrogen) atoms. The molecule has 0 spiro atoms. The van der Waals surface area contributed by atoms with Crippen molar-refractivity contribution in [2.45, 2.75) is 23.8 Å². The molecule has 0 aliphatic carbocycles. The van der Waals surface area contributed by atoms with Gasteiger partial charge >= 0.3 is 5.97 Å². The summed E-state index contributed by atoms with van der Waals surface area (Å²) in [6, 6.07) is 12.9. The van der Waals surface area contributed by atoms with Crippen LogP contribution in [0.3, 0.4) is 0 Å². The minimum atomic E-state index is -3.51. The molecule has 1 fully saturated rings. The van der Waals surface area contributed by atoms with Crippen molar-refractivity contribution in [1.82, 2.24) is 4.31 Å². The molecule has 9 nitrogen and oxygen atoms in total. The lowest BCUT2D eigenvalue weighted by molar-refractivity contribution is -0.148. The van der Waals surface area contributed by atoms with Gasteiger partial charge in [0, 0.05) is 13.1 Å². The summed E-state index contributed by atoms with van der Waals surface area (Å²) in [6.07, 6.45) is 0.794. The maximum Gasteiger partial charge on any atom is 0.348 e. The van der Waals surface area contributed by atoms with Crippen LogP contribution in [0, 0.1) is 0 Å². The Labute approximate surface area is 186 Å². The smallest absolute Gasteiger partial charge is 0.348 e. The molecule has 2 aliphatic rings. The summed E-state index contributed by atoms with van der Waals surface area (Å²) in [6.45, 7) is 0.769. The van der Waals surface area contributed by atoms with Gasteiger partial charge < -0.3 is 19.1 Å². The SMILES string of the molecule is COC(=O)[C@H]1CN(C(=O)COc2ccc(S(=O)(=O)N3CCCC3)cc2)c2ccccc2O1. The third-order valence-electron chi connectivity index (χ3n) is 5.43. The number of methoxy groups -OCH3 is 1. The molecule has 0 N–H and O–H groups in total. The van der Waals surface area contributed by atoms with Crippen LogP contribution in [0.15, 0.2) is 53.4 Å². The van der Waals surface area contributed by atoms with E-state index in [9.17, 15) is 18.0 Å². The number of sulfonamides is 1. The predicted octanol–water partition coefficient (Wildman–Crippen LogP) is 1.82. The minimum Gasteiger partial charge on any atom is -0.484 e. The molecule has 0 unspecified atom stereocenters. The second-order valence-corrected chi connectivity index (χ2v) is 9.41. The number of nitrogens with zero attached hydrogens (tertiary/aromatic N) is 2. The monoisotopic (exact) mass is 460 g/mol. The molecule has 0 saturated carbocycles. The molecule has 1 saturated heterocycles. The summed E-state index contributed by atoms with van der Waals surface area (Å²) in [5, 5.41) is 0. The molecule has 2 aromatic carbocycles. The highest BCUT2D eigenvalue weighted by Gasteiger charge is 2.34. The number of anilines is 1. The Morgan fingerprint density at radius 3 is 2.44 bits per heavy atom. The van der Waals surface area contributed by atoms with Gasteiger partial charge in [-0.15, -0.1) is 0 Å². The van der Waals surface area contributed by atoms with Gasteiger partial charge in [0.25, 0.3) is 5.91 Å². The first-order valence-electron chi connectivity index (χ1n) is 10.3. The van der Waals surface area contributed by atoms with E-state index >= 15 is 0 Å². The molecule has 2 aliphatic heterocycles. The van der Waals surface area contributed by atoms with E-state index in [-0.39, 0.29) is 24.0 Å². The highest BCUT2D eigenvalue weighted by atomic mass is 32.2. The number of carbonyl (C=O) groups excluding carboxylic acids is 2. The van der Waals surface area contributed by atoms with Crippen LogP contribution in [0.4, 0.5) is 5.69 Å². The van der Waals surface area contributed by atoms with Crippen LogP contribution in [-0.4, -0.2) is 64.1 Å². The van der Waals surface area contributed by atoms with Gasteiger partial charge in [-0.2, -0.15) is 4.31 Å². The number of hydrogen-bond donors (Lipinski definition) is 0. The molecule has 2 aromatic rings. The van der Waals surface area contributed by atoms with Crippen molar-refractivity contribution < 1.29 is 32.2 Å². The van der Waals surface area contributed by atoms with Gasteiger partial charge in [-0.1, -0.05) is 12.1 Å². The summed E-state index contributed by atoms with van der Waals surface area (Å²) in [5.74, 6) is -0.180. The molecule has 4 rings (SSSR count). The summed E-state index contributed by atoms with van der Waals surface area (Å²) in [7, 11) is -2.25. The zero-order valence-corrected chi connectivity index (χ0v) is 18.4. The van der Waals surface area contributed by atoms with Crippen molar-refractivity contribution >= 4 is 27.6 Å². The van der Waals surface area contributed by atoms with E-state index in [1.807, 2.05) is 0 Å². The van der Waals surface area contributed by atoms with Crippen molar-refractivity contribution in [3.8, 4) is 11.5 Å². The van der Waals surface area contributed by atoms with Crippen molar-refractivity contribution in [1.29, 1.82) is 0 Å². The maximum atomic E-state index is 12.9. The highest BCUT2D eigenvalue weighted by Crippen LogP contribution is 2.33. The van der Waals surface area contributed by atoms with Crippen molar-refractivity contribution in [2.75, 3.05) is 38.3 Å². The molecule has 1 amide bonds. The standard InChI is InChI=1S/C22H24N2O7S/c1-29-22(26)20-14-24(18-6-2-3-7-19(18)31-20)21(25)15-30-16-8-10-17(11-9-16)32(27,28)23-12-4-5-13-23/h2-3,6-11,20H,4-5,12-15H2,1H3/t20-/m1/s1. The zero-order chi connectivity index (χ0) is 22.7. The molecule has 2 heterocycles. The van der Waals surface area contributed by atoms with Gasteiger partial charge in [0.2, 0.25) is 16.1 Å². The predicted molar refractivity (Wildman–Crippen MR) is 115 cm³/mol. The third kappa shape index (κ3) is 4.42. The first kappa shape index (κ1) is 22.1. The van der Waals surface area contributed by atoms with Gasteiger partial charge in [-0.05, 0) is 49.2 Å². The second-order valence-electron chi connectivity index (χ2n) is 7.47. The average Bonchev–Trinajstić information content (AvgIpc) is 3.37. The lowest BCUT2D eigenvalue weighted by Crippen LogP contribution is -2.48. The fourth-order valence-corrected chi connectivity index (χ4v) is 5.25. The Morgan fingerprint density at radius 1 is 1.06 bits per heavy atom. The van der Waals surface area contributed by atoms with Crippen molar-refractivity contribution in [3.05, 3.63) is 48.5 Å². The van der Waals surface area contributed by atoms with Gasteiger partial charge in [0.15, 0.2) is 6.61 Å². The molecular formula is C22H24N2O7S. The topological polar surface area (TPSA) is 102 Å². The van der Waals surface area contributed by atoms with Crippen molar-refractivity contribution in [3.63, 3.8) is 0 Å². The maximum absolute atomic E-state index is 12.9. The quantitative estimate of drug-likeness (QED) is 0.606. The molecule has 170 valence electrons. The molecule has 1 atom stereocenters. The number of benzene rings is 2. The number of rotatable bonds is 6. The number of hydrogen-bond acceptors (Lipinski definition) is 7. The van der Waals surface area contributed by atoms with E-state index in [0.29, 0.717) is 30.3 Å². The van der Waals surface area contributed by atoms with E-state index in [1.54, 1.807) is 24.3 Å². The Kier molecular flexibility index (Phi) is 6.33. The molecule has 0 aromatic heterocycles. The summed E-state index contributed by atoms with van der Waals surface area (Å²) in [5.41, 5.74) is 0.535. The Balaban J connectivity index is 1.43. The van der Waals surface area contributed by atoms with Crippen molar-refractivity contribution in [2.24, 2.45) is 0 Å². The summed E-state index contributed by atoms with van der Waals surface area (Å²) >= 11 is 0. The summed E-state index contributed by atoms with van der Waals surface area (Å²) in [4.78, 5) is 26.5. The normalized spacial score (nSPS) is 18.5. The fourth-order valence-electron chi connectivity index (χ4n) is 3.73. The first-order valence-corrected chi connectivity index (χ1v) is 11.7. The molecule has 0 radical (unpaired) electrons.